The van der Waals surface area contributed by atoms with Gasteiger partial charge >= 0.3 is 0 Å². The van der Waals surface area contributed by atoms with E-state index in [1.807, 2.05) is 41.8 Å². The highest BCUT2D eigenvalue weighted by atomic mass is 15.4. The van der Waals surface area contributed by atoms with Crippen LogP contribution in [0.1, 0.15) is 24.0 Å². The lowest BCUT2D eigenvalue weighted by atomic mass is 9.97. The maximum atomic E-state index is 10.1. The van der Waals surface area contributed by atoms with E-state index >= 15 is 0 Å². The van der Waals surface area contributed by atoms with Gasteiger partial charge in [0.2, 0.25) is 0 Å². The van der Waals surface area contributed by atoms with Crippen LogP contribution >= 0.6 is 0 Å². The second kappa shape index (κ2) is 8.06. The first kappa shape index (κ1) is 20.2. The molecule has 1 fully saturated rings. The van der Waals surface area contributed by atoms with Gasteiger partial charge in [0, 0.05) is 30.1 Å². The molecule has 0 spiro atoms. The fraction of sp³-hybridized carbons (Fsp3) is 0.280. The van der Waals surface area contributed by atoms with Gasteiger partial charge in [-0.1, -0.05) is 30.3 Å². The predicted molar refractivity (Wildman–Crippen MR) is 125 cm³/mol. The van der Waals surface area contributed by atoms with Crippen molar-refractivity contribution in [3.63, 3.8) is 0 Å². The number of nitriles is 1. The Morgan fingerprint density at radius 2 is 1.81 bits per heavy atom. The van der Waals surface area contributed by atoms with E-state index in [1.165, 1.54) is 0 Å². The number of rotatable bonds is 4. The molecule has 5 rings (SSSR count). The molecule has 0 amide bonds. The third-order valence-corrected chi connectivity index (χ3v) is 6.21. The van der Waals surface area contributed by atoms with Crippen LogP contribution < -0.4 is 4.90 Å². The summed E-state index contributed by atoms with van der Waals surface area (Å²) in [5, 5.41) is 15.0. The fourth-order valence-electron chi connectivity index (χ4n) is 4.69. The van der Waals surface area contributed by atoms with Gasteiger partial charge in [0.05, 0.1) is 6.17 Å². The monoisotopic (exact) mass is 423 g/mol. The zero-order valence-electron chi connectivity index (χ0n) is 18.5. The highest BCUT2D eigenvalue weighted by Gasteiger charge is 2.33. The van der Waals surface area contributed by atoms with Gasteiger partial charge in [0.1, 0.15) is 17.5 Å². The van der Waals surface area contributed by atoms with Crippen LogP contribution in [0.4, 0.5) is 5.82 Å². The molecule has 4 heterocycles. The quantitative estimate of drug-likeness (QED) is 0.491. The Morgan fingerprint density at radius 1 is 1.06 bits per heavy atom. The standard InChI is InChI=1S/C25H25N7/c1-17-20(16-26)24-28-23(19-11-13-27-14-12-19)29-32(24)25(22(17)18-8-5-4-6-9-18)31-15-7-10-21(31)30(2)3/h4-6,8-9,11-14,21H,7,10,15H2,1-3H3. The first-order chi connectivity index (χ1) is 15.6. The van der Waals surface area contributed by atoms with E-state index in [9.17, 15) is 5.26 Å². The van der Waals surface area contributed by atoms with Crippen molar-refractivity contribution in [1.29, 1.82) is 5.26 Å². The average Bonchev–Trinajstić information content (AvgIpc) is 3.47. The summed E-state index contributed by atoms with van der Waals surface area (Å²) in [5.74, 6) is 1.59. The largest absolute Gasteiger partial charge is 0.340 e. The summed E-state index contributed by atoms with van der Waals surface area (Å²) < 4.78 is 1.88. The van der Waals surface area contributed by atoms with Crippen LogP contribution in [0.25, 0.3) is 28.2 Å². The van der Waals surface area contributed by atoms with Gasteiger partial charge < -0.3 is 4.90 Å². The number of nitrogens with zero attached hydrogens (tertiary/aromatic N) is 7. The summed E-state index contributed by atoms with van der Waals surface area (Å²) in [5.41, 5.74) is 5.07. The Hall–Kier alpha value is -3.76. The van der Waals surface area contributed by atoms with Crippen LogP contribution in [-0.2, 0) is 0 Å². The summed E-state index contributed by atoms with van der Waals surface area (Å²) in [7, 11) is 4.23. The van der Waals surface area contributed by atoms with E-state index in [-0.39, 0.29) is 6.17 Å². The van der Waals surface area contributed by atoms with E-state index in [0.717, 1.165) is 47.5 Å². The van der Waals surface area contributed by atoms with Crippen molar-refractivity contribution in [3.8, 4) is 28.6 Å². The summed E-state index contributed by atoms with van der Waals surface area (Å²) in [4.78, 5) is 13.6. The fourth-order valence-corrected chi connectivity index (χ4v) is 4.69. The van der Waals surface area contributed by atoms with Gasteiger partial charge in [-0.05, 0) is 57.1 Å². The van der Waals surface area contributed by atoms with Crippen molar-refractivity contribution in [1.82, 2.24) is 24.5 Å². The Balaban J connectivity index is 1.87. The van der Waals surface area contributed by atoms with Crippen LogP contribution in [0.15, 0.2) is 54.9 Å². The van der Waals surface area contributed by atoms with Gasteiger partial charge in [-0.25, -0.2) is 4.98 Å². The van der Waals surface area contributed by atoms with Crippen molar-refractivity contribution >= 4 is 11.5 Å². The first-order valence-corrected chi connectivity index (χ1v) is 10.8. The Morgan fingerprint density at radius 3 is 2.50 bits per heavy atom. The molecule has 0 radical (unpaired) electrons. The molecule has 0 aliphatic carbocycles. The summed E-state index contributed by atoms with van der Waals surface area (Å²) in [6.07, 6.45) is 5.89. The van der Waals surface area contributed by atoms with Crippen molar-refractivity contribution in [2.24, 2.45) is 0 Å². The lowest BCUT2D eigenvalue weighted by Gasteiger charge is -2.33. The van der Waals surface area contributed by atoms with Gasteiger partial charge in [0.25, 0.3) is 0 Å². The van der Waals surface area contributed by atoms with Crippen molar-refractivity contribution in [2.75, 3.05) is 25.5 Å². The minimum atomic E-state index is 0.251. The predicted octanol–water partition coefficient (Wildman–Crippen LogP) is 4.13. The molecular formula is C25H25N7. The molecule has 32 heavy (non-hydrogen) atoms. The summed E-state index contributed by atoms with van der Waals surface area (Å²) in [6.45, 7) is 2.94. The van der Waals surface area contributed by atoms with Crippen LogP contribution in [0.2, 0.25) is 0 Å². The van der Waals surface area contributed by atoms with Crippen LogP contribution in [-0.4, -0.2) is 51.3 Å². The van der Waals surface area contributed by atoms with E-state index < -0.39 is 0 Å². The molecule has 1 atom stereocenters. The van der Waals surface area contributed by atoms with E-state index in [1.54, 1.807) is 12.4 Å². The zero-order valence-corrected chi connectivity index (χ0v) is 18.5. The number of pyridine rings is 2. The maximum Gasteiger partial charge on any atom is 0.182 e. The number of anilines is 1. The normalized spacial score (nSPS) is 16.1. The number of aromatic nitrogens is 4. The van der Waals surface area contributed by atoms with Crippen LogP contribution in [0.5, 0.6) is 0 Å². The summed E-state index contributed by atoms with van der Waals surface area (Å²) in [6, 6.07) is 16.5. The molecule has 0 saturated carbocycles. The van der Waals surface area contributed by atoms with Gasteiger partial charge in [0.15, 0.2) is 11.5 Å². The number of fused-ring (bicyclic) bond motifs is 1. The second-order valence-electron chi connectivity index (χ2n) is 8.36. The molecular weight excluding hydrogens is 398 g/mol. The Bertz CT molecular complexity index is 1300. The minimum Gasteiger partial charge on any atom is -0.340 e. The Labute approximate surface area is 187 Å². The smallest absolute Gasteiger partial charge is 0.182 e. The van der Waals surface area contributed by atoms with Crippen LogP contribution in [0.3, 0.4) is 0 Å². The van der Waals surface area contributed by atoms with Gasteiger partial charge in [-0.15, -0.1) is 5.10 Å². The molecule has 1 unspecified atom stereocenters. The van der Waals surface area contributed by atoms with Crippen molar-refractivity contribution < 1.29 is 0 Å². The minimum absolute atomic E-state index is 0.251. The zero-order chi connectivity index (χ0) is 22.2. The maximum absolute atomic E-state index is 10.1. The Kier molecular flexibility index (Phi) is 5.08. The second-order valence-corrected chi connectivity index (χ2v) is 8.36. The number of hydrogen-bond donors (Lipinski definition) is 0. The highest BCUT2D eigenvalue weighted by molar-refractivity contribution is 5.85. The van der Waals surface area contributed by atoms with E-state index in [2.05, 4.69) is 47.1 Å². The molecule has 7 heteroatoms. The molecule has 4 aromatic rings. The summed E-state index contributed by atoms with van der Waals surface area (Å²) >= 11 is 0. The molecule has 1 aromatic carbocycles. The molecule has 1 aliphatic rings. The van der Waals surface area contributed by atoms with E-state index in [4.69, 9.17) is 10.1 Å². The van der Waals surface area contributed by atoms with Crippen LogP contribution in [0, 0.1) is 18.3 Å². The lowest BCUT2D eigenvalue weighted by Crippen LogP contribution is -2.41. The third kappa shape index (κ3) is 3.20. The molecule has 160 valence electrons. The topological polar surface area (TPSA) is 73.3 Å². The molecule has 7 nitrogen and oxygen atoms in total. The van der Waals surface area contributed by atoms with Gasteiger partial charge in [-0.3, -0.25) is 9.88 Å². The first-order valence-electron chi connectivity index (χ1n) is 10.8. The number of benzene rings is 1. The molecule has 3 aromatic heterocycles. The van der Waals surface area contributed by atoms with Crippen molar-refractivity contribution in [2.45, 2.75) is 25.9 Å². The molecule has 0 bridgehead atoms. The number of hydrogen-bond acceptors (Lipinski definition) is 6. The SMILES string of the molecule is Cc1c(-c2ccccc2)c(N2CCCC2N(C)C)n2nc(-c3ccncc3)nc2c1C#N. The molecule has 1 aliphatic heterocycles. The van der Waals surface area contributed by atoms with Crippen molar-refractivity contribution in [3.05, 3.63) is 66.0 Å². The van der Waals surface area contributed by atoms with Gasteiger partial charge in [-0.2, -0.15) is 9.78 Å². The molecule has 1 saturated heterocycles. The van der Waals surface area contributed by atoms with E-state index in [0.29, 0.717) is 17.0 Å². The average molecular weight is 424 g/mol. The lowest BCUT2D eigenvalue weighted by molar-refractivity contribution is 0.299. The molecule has 0 N–H and O–H groups in total. The third-order valence-electron chi connectivity index (χ3n) is 6.21. The highest BCUT2D eigenvalue weighted by Crippen LogP contribution is 2.40.